The number of non-ortho nitro benzene ring substituents is 1. The van der Waals surface area contributed by atoms with Gasteiger partial charge in [-0.25, -0.2) is 0 Å². The maximum Gasteiger partial charge on any atom is 0.270 e. The van der Waals surface area contributed by atoms with E-state index in [1.54, 1.807) is 11.0 Å². The highest BCUT2D eigenvalue weighted by Gasteiger charge is 2.40. The smallest absolute Gasteiger partial charge is 0.270 e. The number of ether oxygens (including phenoxy) is 2. The second-order valence-electron chi connectivity index (χ2n) is 10.9. The Morgan fingerprint density at radius 1 is 0.739 bits per heavy atom. The predicted octanol–water partition coefficient (Wildman–Crippen LogP) is 8.59. The summed E-state index contributed by atoms with van der Waals surface area (Å²) in [7, 11) is 0. The lowest BCUT2D eigenvalue weighted by Gasteiger charge is -2.46. The molecule has 0 saturated carbocycles. The molecule has 0 saturated heterocycles. The van der Waals surface area contributed by atoms with Gasteiger partial charge in [0.25, 0.3) is 11.6 Å². The van der Waals surface area contributed by atoms with Crippen LogP contribution in [0.4, 0.5) is 11.4 Å². The first-order chi connectivity index (χ1) is 22.4. The van der Waals surface area contributed by atoms with Gasteiger partial charge in [0.2, 0.25) is 0 Å². The molecule has 1 aliphatic heterocycles. The average Bonchev–Trinajstić information content (AvgIpc) is 3.08. The number of amides is 1. The Balaban J connectivity index is 1.46. The maximum absolute atomic E-state index is 14.3. The lowest BCUT2D eigenvalue weighted by Crippen LogP contribution is -2.48. The van der Waals surface area contributed by atoms with Crippen molar-refractivity contribution in [1.82, 2.24) is 4.90 Å². The summed E-state index contributed by atoms with van der Waals surface area (Å²) >= 11 is 6.05. The summed E-state index contributed by atoms with van der Waals surface area (Å²) in [6, 6.07) is 37.4. The third kappa shape index (κ3) is 6.67. The van der Waals surface area contributed by atoms with Gasteiger partial charge in [0, 0.05) is 30.2 Å². The van der Waals surface area contributed by atoms with Crippen molar-refractivity contribution < 1.29 is 19.2 Å². The topological polar surface area (TPSA) is 85.1 Å². The minimum Gasteiger partial charge on any atom is -0.490 e. The lowest BCUT2D eigenvalue weighted by atomic mass is 9.98. The van der Waals surface area contributed by atoms with Gasteiger partial charge in [-0.2, -0.15) is 0 Å². The van der Waals surface area contributed by atoms with E-state index >= 15 is 0 Å². The van der Waals surface area contributed by atoms with Gasteiger partial charge >= 0.3 is 0 Å². The summed E-state index contributed by atoms with van der Waals surface area (Å²) in [4.78, 5) is 29.5. The largest absolute Gasteiger partial charge is 0.490 e. The third-order valence-electron chi connectivity index (χ3n) is 7.85. The van der Waals surface area contributed by atoms with Gasteiger partial charge in [-0.05, 0) is 59.5 Å². The average molecular weight is 634 g/mol. The van der Waals surface area contributed by atoms with E-state index in [0.29, 0.717) is 42.0 Å². The molecule has 6 rings (SSSR count). The summed E-state index contributed by atoms with van der Waals surface area (Å²) in [6.07, 6.45) is -0.564. The molecule has 0 aromatic heterocycles. The van der Waals surface area contributed by atoms with E-state index in [-0.39, 0.29) is 23.7 Å². The first-order valence-electron chi connectivity index (χ1n) is 15.0. The van der Waals surface area contributed by atoms with Crippen molar-refractivity contribution in [1.29, 1.82) is 0 Å². The number of hydrogen-bond acceptors (Lipinski definition) is 6. The van der Waals surface area contributed by atoms with Crippen LogP contribution >= 0.6 is 11.6 Å². The number of anilines is 1. The number of carbonyl (C=O) groups is 1. The van der Waals surface area contributed by atoms with E-state index in [4.69, 9.17) is 21.1 Å². The Bertz CT molecular complexity index is 1830. The SMILES string of the molecule is CCOc1cc([C@@H]2N(Cc3ccccc3)C(=O)c3cc([N+](=O)[O-])ccc3N2Cc2ccccc2)ccc1OCc1ccc(Cl)cc1. The Labute approximate surface area is 272 Å². The summed E-state index contributed by atoms with van der Waals surface area (Å²) in [5.41, 5.74) is 4.50. The molecule has 46 heavy (non-hydrogen) atoms. The van der Waals surface area contributed by atoms with Gasteiger partial charge < -0.3 is 19.3 Å². The zero-order chi connectivity index (χ0) is 32.0. The molecule has 1 aliphatic rings. The Morgan fingerprint density at radius 2 is 1.39 bits per heavy atom. The van der Waals surface area contributed by atoms with Gasteiger partial charge in [-0.3, -0.25) is 14.9 Å². The van der Waals surface area contributed by atoms with E-state index in [9.17, 15) is 14.9 Å². The van der Waals surface area contributed by atoms with E-state index in [0.717, 1.165) is 22.3 Å². The summed E-state index contributed by atoms with van der Waals surface area (Å²) in [5, 5.41) is 12.4. The second-order valence-corrected chi connectivity index (χ2v) is 11.4. The van der Waals surface area contributed by atoms with Crippen molar-refractivity contribution in [2.45, 2.75) is 32.8 Å². The van der Waals surface area contributed by atoms with Crippen LogP contribution in [0.15, 0.2) is 121 Å². The van der Waals surface area contributed by atoms with E-state index in [2.05, 4.69) is 4.90 Å². The Morgan fingerprint density at radius 3 is 2.02 bits per heavy atom. The summed E-state index contributed by atoms with van der Waals surface area (Å²) in [6.45, 7) is 3.39. The molecule has 0 spiro atoms. The van der Waals surface area contributed by atoms with Crippen molar-refractivity contribution in [3.63, 3.8) is 0 Å². The number of nitrogens with zero attached hydrogens (tertiary/aromatic N) is 3. The molecule has 0 unspecified atom stereocenters. The molecule has 232 valence electrons. The first kappa shape index (κ1) is 30.7. The van der Waals surface area contributed by atoms with Crippen LogP contribution in [0.25, 0.3) is 0 Å². The Hall–Kier alpha value is -5.34. The normalized spacial score (nSPS) is 14.1. The summed E-state index contributed by atoms with van der Waals surface area (Å²) < 4.78 is 12.3. The summed E-state index contributed by atoms with van der Waals surface area (Å²) in [5.74, 6) is 0.830. The predicted molar refractivity (Wildman–Crippen MR) is 178 cm³/mol. The van der Waals surface area contributed by atoms with Crippen molar-refractivity contribution >= 4 is 28.9 Å². The number of hydrogen-bond donors (Lipinski definition) is 0. The van der Waals surface area contributed by atoms with Gasteiger partial charge in [0.1, 0.15) is 12.8 Å². The van der Waals surface area contributed by atoms with Crippen LogP contribution in [-0.4, -0.2) is 22.3 Å². The standard InChI is InChI=1S/C37H32ClN3O5/c1-2-45-35-21-29(15-20-34(35)46-25-28-13-16-30(38)17-14-28)36-39(23-26-9-5-3-6-10-26)33-19-18-31(41(43)44)22-32(33)37(42)40(36)24-27-11-7-4-8-12-27/h3-22,36H,2,23-25H2,1H3/t36-/m0/s1. The van der Waals surface area contributed by atoms with E-state index in [1.165, 1.54) is 12.1 Å². The van der Waals surface area contributed by atoms with Crippen LogP contribution < -0.4 is 14.4 Å². The number of carbonyl (C=O) groups excluding carboxylic acids is 1. The van der Waals surface area contributed by atoms with Crippen LogP contribution in [0.1, 0.15) is 45.7 Å². The number of nitro benzene ring substituents is 1. The molecular weight excluding hydrogens is 602 g/mol. The van der Waals surface area contributed by atoms with Crippen LogP contribution in [0, 0.1) is 10.1 Å². The molecule has 0 N–H and O–H groups in total. The molecule has 0 bridgehead atoms. The monoisotopic (exact) mass is 633 g/mol. The fraction of sp³-hybridized carbons (Fsp3) is 0.162. The zero-order valence-electron chi connectivity index (χ0n) is 25.2. The van der Waals surface area contributed by atoms with Gasteiger partial charge in [0.15, 0.2) is 11.5 Å². The molecule has 5 aromatic rings. The number of benzene rings is 5. The number of rotatable bonds is 11. The van der Waals surface area contributed by atoms with E-state index in [1.807, 2.05) is 110 Å². The number of halogens is 1. The van der Waals surface area contributed by atoms with Crippen molar-refractivity contribution in [2.75, 3.05) is 11.5 Å². The number of nitro groups is 1. The van der Waals surface area contributed by atoms with Crippen LogP contribution in [0.2, 0.25) is 5.02 Å². The molecule has 1 atom stereocenters. The van der Waals surface area contributed by atoms with Crippen LogP contribution in [-0.2, 0) is 19.7 Å². The third-order valence-corrected chi connectivity index (χ3v) is 8.10. The van der Waals surface area contributed by atoms with Gasteiger partial charge in [-0.15, -0.1) is 0 Å². The molecule has 0 radical (unpaired) electrons. The molecule has 9 heteroatoms. The second kappa shape index (κ2) is 13.7. The molecule has 0 fully saturated rings. The highest BCUT2D eigenvalue weighted by molar-refractivity contribution is 6.30. The quantitative estimate of drug-likeness (QED) is 0.107. The molecule has 5 aromatic carbocycles. The molecule has 1 amide bonds. The van der Waals surface area contributed by atoms with Gasteiger partial charge in [0.05, 0.1) is 22.8 Å². The molecule has 1 heterocycles. The fourth-order valence-corrected chi connectivity index (χ4v) is 5.82. The van der Waals surface area contributed by atoms with Crippen LogP contribution in [0.5, 0.6) is 11.5 Å². The van der Waals surface area contributed by atoms with Crippen molar-refractivity contribution in [3.8, 4) is 11.5 Å². The van der Waals surface area contributed by atoms with Crippen molar-refractivity contribution in [3.05, 3.63) is 164 Å². The maximum atomic E-state index is 14.3. The van der Waals surface area contributed by atoms with E-state index < -0.39 is 11.1 Å². The lowest BCUT2D eigenvalue weighted by molar-refractivity contribution is -0.384. The first-order valence-corrected chi connectivity index (χ1v) is 15.4. The highest BCUT2D eigenvalue weighted by Crippen LogP contribution is 2.44. The van der Waals surface area contributed by atoms with Crippen LogP contribution in [0.3, 0.4) is 0 Å². The minimum atomic E-state index is -0.564. The molecule has 0 aliphatic carbocycles. The minimum absolute atomic E-state index is 0.134. The number of fused-ring (bicyclic) bond motifs is 1. The molecular formula is C37H32ClN3O5. The van der Waals surface area contributed by atoms with Gasteiger partial charge in [-0.1, -0.05) is 90.5 Å². The zero-order valence-corrected chi connectivity index (χ0v) is 26.0. The van der Waals surface area contributed by atoms with Crippen molar-refractivity contribution in [2.24, 2.45) is 0 Å². The highest BCUT2D eigenvalue weighted by atomic mass is 35.5. The molecule has 8 nitrogen and oxygen atoms in total. The Kier molecular flexibility index (Phi) is 9.17. The fourth-order valence-electron chi connectivity index (χ4n) is 5.69.